The summed E-state index contributed by atoms with van der Waals surface area (Å²) in [6.45, 7) is 2.31. The number of carbonyl (C=O) groups excluding carboxylic acids is 1. The number of hydrogen-bond acceptors (Lipinski definition) is 3. The van der Waals surface area contributed by atoms with E-state index < -0.39 is 11.9 Å². The molecule has 2 N–H and O–H groups in total. The molecule has 0 aliphatic carbocycles. The molecule has 6 heteroatoms. The highest BCUT2D eigenvalue weighted by molar-refractivity contribution is 6.30. The Kier molecular flexibility index (Phi) is 4.73. The van der Waals surface area contributed by atoms with E-state index in [4.69, 9.17) is 11.6 Å². The number of benzene rings is 2. The fraction of sp³-hybridized carbons (Fsp3) is 0.278. The maximum Gasteiger partial charge on any atom is 0.249 e. The molecule has 1 heterocycles. The second-order valence-electron chi connectivity index (χ2n) is 5.88. The molecule has 0 aromatic heterocycles. The zero-order chi connectivity index (χ0) is 17.3. The molecular formula is C18H18ClFN2O2. The van der Waals surface area contributed by atoms with Crippen LogP contribution in [0, 0.1) is 12.7 Å². The molecule has 0 saturated carbocycles. The van der Waals surface area contributed by atoms with Gasteiger partial charge in [0.2, 0.25) is 5.91 Å². The molecule has 4 nitrogen and oxygen atoms in total. The van der Waals surface area contributed by atoms with Gasteiger partial charge in [0.15, 0.2) is 0 Å². The largest absolute Gasteiger partial charge is 0.392 e. The summed E-state index contributed by atoms with van der Waals surface area (Å²) in [5, 5.41) is 12.8. The van der Waals surface area contributed by atoms with Crippen molar-refractivity contribution >= 4 is 28.9 Å². The second-order valence-corrected chi connectivity index (χ2v) is 6.32. The van der Waals surface area contributed by atoms with Crippen LogP contribution in [0.25, 0.3) is 0 Å². The molecule has 1 amide bonds. The molecule has 3 rings (SSSR count). The Balaban J connectivity index is 1.79. The average Bonchev–Trinajstić information content (AvgIpc) is 2.90. The van der Waals surface area contributed by atoms with Crippen molar-refractivity contribution in [1.29, 1.82) is 0 Å². The van der Waals surface area contributed by atoms with Crippen LogP contribution in [0.3, 0.4) is 0 Å². The van der Waals surface area contributed by atoms with E-state index in [1.165, 1.54) is 17.0 Å². The van der Waals surface area contributed by atoms with Gasteiger partial charge in [0.25, 0.3) is 0 Å². The van der Waals surface area contributed by atoms with E-state index in [0.29, 0.717) is 18.0 Å². The van der Waals surface area contributed by atoms with Crippen LogP contribution in [0.4, 0.5) is 15.8 Å². The zero-order valence-corrected chi connectivity index (χ0v) is 14.0. The molecule has 1 aliphatic heterocycles. The Morgan fingerprint density at radius 2 is 2.12 bits per heavy atom. The number of nitrogens with one attached hydrogen (secondary N) is 1. The molecular weight excluding hydrogens is 331 g/mol. The maximum absolute atomic E-state index is 14.1. The lowest BCUT2D eigenvalue weighted by Crippen LogP contribution is -2.34. The highest BCUT2D eigenvalue weighted by Crippen LogP contribution is 2.29. The van der Waals surface area contributed by atoms with Crippen molar-refractivity contribution in [3.8, 4) is 0 Å². The molecule has 1 aliphatic rings. The molecule has 0 radical (unpaired) electrons. The normalized spacial score (nSPS) is 17.4. The van der Waals surface area contributed by atoms with Gasteiger partial charge in [0.05, 0.1) is 12.3 Å². The van der Waals surface area contributed by atoms with Gasteiger partial charge in [-0.1, -0.05) is 23.7 Å². The van der Waals surface area contributed by atoms with Crippen LogP contribution in [0.5, 0.6) is 0 Å². The van der Waals surface area contributed by atoms with E-state index in [0.717, 1.165) is 16.8 Å². The molecule has 0 spiro atoms. The van der Waals surface area contributed by atoms with Gasteiger partial charge in [-0.05, 0) is 48.7 Å². The van der Waals surface area contributed by atoms with Crippen LogP contribution >= 0.6 is 11.6 Å². The fourth-order valence-corrected chi connectivity index (χ4v) is 3.02. The molecule has 2 aromatic carbocycles. The predicted molar refractivity (Wildman–Crippen MR) is 92.9 cm³/mol. The van der Waals surface area contributed by atoms with E-state index in [9.17, 15) is 14.3 Å². The highest BCUT2D eigenvalue weighted by atomic mass is 35.5. The van der Waals surface area contributed by atoms with Gasteiger partial charge < -0.3 is 15.3 Å². The van der Waals surface area contributed by atoms with Gasteiger partial charge in [0.1, 0.15) is 11.9 Å². The Labute approximate surface area is 144 Å². The quantitative estimate of drug-likeness (QED) is 0.889. The number of carbonyl (C=O) groups is 1. The summed E-state index contributed by atoms with van der Waals surface area (Å²) in [7, 11) is 0. The number of amides is 1. The zero-order valence-electron chi connectivity index (χ0n) is 13.2. The molecule has 1 unspecified atom stereocenters. The third-order valence-electron chi connectivity index (χ3n) is 4.22. The lowest BCUT2D eigenvalue weighted by molar-refractivity contribution is -0.117. The van der Waals surface area contributed by atoms with Crippen molar-refractivity contribution in [2.45, 2.75) is 26.0 Å². The van der Waals surface area contributed by atoms with Crippen LogP contribution in [0.1, 0.15) is 17.5 Å². The van der Waals surface area contributed by atoms with Crippen molar-refractivity contribution in [3.05, 3.63) is 58.4 Å². The lowest BCUT2D eigenvalue weighted by atomic mass is 10.1. The van der Waals surface area contributed by atoms with Crippen molar-refractivity contribution in [2.75, 3.05) is 16.8 Å². The van der Waals surface area contributed by atoms with E-state index in [-0.39, 0.29) is 18.2 Å². The summed E-state index contributed by atoms with van der Waals surface area (Å²) in [4.78, 5) is 14.1. The molecule has 2 aromatic rings. The first kappa shape index (κ1) is 16.7. The minimum absolute atomic E-state index is 0.0598. The van der Waals surface area contributed by atoms with Crippen molar-refractivity contribution in [1.82, 2.24) is 0 Å². The summed E-state index contributed by atoms with van der Waals surface area (Å²) in [6.07, 6.45) is 0.573. The SMILES string of the molecule is Cc1ccc(CO)cc1NC1CCN(c2ccc(Cl)cc2F)C1=O. The summed E-state index contributed by atoms with van der Waals surface area (Å²) >= 11 is 5.77. The number of rotatable bonds is 4. The smallest absolute Gasteiger partial charge is 0.249 e. The number of halogens is 2. The summed E-state index contributed by atoms with van der Waals surface area (Å²) in [6, 6.07) is 9.44. The molecule has 1 atom stereocenters. The first-order valence-corrected chi connectivity index (χ1v) is 8.10. The van der Waals surface area contributed by atoms with Gasteiger partial charge in [-0.3, -0.25) is 4.79 Å². The van der Waals surface area contributed by atoms with Crippen LogP contribution in [0.2, 0.25) is 5.02 Å². The minimum atomic E-state index is -0.505. The van der Waals surface area contributed by atoms with Crippen molar-refractivity contribution in [2.24, 2.45) is 0 Å². The van der Waals surface area contributed by atoms with E-state index in [2.05, 4.69) is 5.32 Å². The standard InChI is InChI=1S/C18H18ClFN2O2/c1-11-2-3-12(10-23)8-16(11)21-15-6-7-22(18(15)24)17-5-4-13(19)9-14(17)20/h2-5,8-9,15,21,23H,6-7,10H2,1H3. The number of aliphatic hydroxyl groups excluding tert-OH is 1. The number of hydrogen-bond donors (Lipinski definition) is 2. The Morgan fingerprint density at radius 3 is 2.83 bits per heavy atom. The lowest BCUT2D eigenvalue weighted by Gasteiger charge is -2.19. The first-order chi connectivity index (χ1) is 11.5. The summed E-state index contributed by atoms with van der Waals surface area (Å²) < 4.78 is 14.1. The average molecular weight is 349 g/mol. The highest BCUT2D eigenvalue weighted by Gasteiger charge is 2.34. The number of aliphatic hydroxyl groups is 1. The summed E-state index contributed by atoms with van der Waals surface area (Å²) in [5.74, 6) is -0.681. The van der Waals surface area contributed by atoms with Crippen LogP contribution in [0.15, 0.2) is 36.4 Å². The number of aryl methyl sites for hydroxylation is 1. The summed E-state index contributed by atoms with van der Waals surface area (Å²) in [5.41, 5.74) is 2.80. The Hall–Kier alpha value is -2.11. The second kappa shape index (κ2) is 6.79. The topological polar surface area (TPSA) is 52.6 Å². The van der Waals surface area contributed by atoms with Gasteiger partial charge in [-0.2, -0.15) is 0 Å². The van der Waals surface area contributed by atoms with Gasteiger partial charge in [-0.15, -0.1) is 0 Å². The van der Waals surface area contributed by atoms with Crippen molar-refractivity contribution in [3.63, 3.8) is 0 Å². The molecule has 1 saturated heterocycles. The first-order valence-electron chi connectivity index (χ1n) is 7.73. The predicted octanol–water partition coefficient (Wildman–Crippen LogP) is 3.50. The Bertz CT molecular complexity index is 782. The van der Waals surface area contributed by atoms with E-state index in [1.54, 1.807) is 6.07 Å². The van der Waals surface area contributed by atoms with Gasteiger partial charge in [-0.25, -0.2) is 4.39 Å². The van der Waals surface area contributed by atoms with Crippen LogP contribution in [-0.2, 0) is 11.4 Å². The van der Waals surface area contributed by atoms with E-state index in [1.807, 2.05) is 25.1 Å². The number of anilines is 2. The molecule has 126 valence electrons. The monoisotopic (exact) mass is 348 g/mol. The number of nitrogens with zero attached hydrogens (tertiary/aromatic N) is 1. The molecule has 1 fully saturated rings. The third kappa shape index (κ3) is 3.23. The molecule has 24 heavy (non-hydrogen) atoms. The maximum atomic E-state index is 14.1. The van der Waals surface area contributed by atoms with Gasteiger partial charge in [0, 0.05) is 17.3 Å². The minimum Gasteiger partial charge on any atom is -0.392 e. The van der Waals surface area contributed by atoms with E-state index >= 15 is 0 Å². The van der Waals surface area contributed by atoms with Gasteiger partial charge >= 0.3 is 0 Å². The Morgan fingerprint density at radius 1 is 1.33 bits per heavy atom. The molecule has 0 bridgehead atoms. The van der Waals surface area contributed by atoms with Crippen molar-refractivity contribution < 1.29 is 14.3 Å². The van der Waals surface area contributed by atoms with Crippen LogP contribution in [-0.4, -0.2) is 23.6 Å². The third-order valence-corrected chi connectivity index (χ3v) is 4.46. The van der Waals surface area contributed by atoms with Crippen LogP contribution < -0.4 is 10.2 Å². The fourth-order valence-electron chi connectivity index (χ4n) is 2.86.